The van der Waals surface area contributed by atoms with Gasteiger partial charge in [-0.25, -0.2) is 8.42 Å². The summed E-state index contributed by atoms with van der Waals surface area (Å²) < 4.78 is 23.7. The second kappa shape index (κ2) is 7.69. The van der Waals surface area contributed by atoms with Crippen molar-refractivity contribution in [3.8, 4) is 0 Å². The average molecular weight is 327 g/mol. The lowest BCUT2D eigenvalue weighted by Gasteiger charge is -2.08. The van der Waals surface area contributed by atoms with Gasteiger partial charge in [0.25, 0.3) is 0 Å². The van der Waals surface area contributed by atoms with Crippen LogP contribution in [0.1, 0.15) is 6.92 Å². The molecule has 0 radical (unpaired) electrons. The highest BCUT2D eigenvalue weighted by atomic mass is 35.5. The molecule has 19 heavy (non-hydrogen) atoms. The molecule has 0 bridgehead atoms. The summed E-state index contributed by atoms with van der Waals surface area (Å²) in [4.78, 5) is 11.3. The van der Waals surface area contributed by atoms with Gasteiger partial charge in [-0.15, -0.1) is 12.4 Å². The Morgan fingerprint density at radius 3 is 2.37 bits per heavy atom. The summed E-state index contributed by atoms with van der Waals surface area (Å²) in [6.07, 6.45) is 0. The van der Waals surface area contributed by atoms with E-state index in [1.807, 2.05) is 0 Å². The standard InChI is InChI=1S/C11H15ClN2O3S.ClH/c1-8(13)11(15)14-6-7-18(16,17)10-4-2-9(12)3-5-10;/h2-5,8H,6-7,13H2,1H3,(H,14,15);1H/t8-;/m1./s1. The Kier molecular flexibility index (Phi) is 7.36. The lowest BCUT2D eigenvalue weighted by Crippen LogP contribution is -2.40. The Bertz CT molecular complexity index is 515. The highest BCUT2D eigenvalue weighted by molar-refractivity contribution is 7.91. The van der Waals surface area contributed by atoms with Gasteiger partial charge in [0.1, 0.15) is 0 Å². The molecule has 0 aromatic heterocycles. The molecule has 1 atom stereocenters. The zero-order valence-electron chi connectivity index (χ0n) is 10.3. The van der Waals surface area contributed by atoms with Crippen LogP contribution in [0.4, 0.5) is 0 Å². The average Bonchev–Trinajstić information content (AvgIpc) is 2.29. The van der Waals surface area contributed by atoms with Gasteiger partial charge in [-0.2, -0.15) is 0 Å². The van der Waals surface area contributed by atoms with Crippen molar-refractivity contribution in [2.75, 3.05) is 12.3 Å². The lowest BCUT2D eigenvalue weighted by molar-refractivity contribution is -0.121. The minimum absolute atomic E-state index is 0. The normalized spacial score (nSPS) is 12.4. The lowest BCUT2D eigenvalue weighted by atomic mass is 10.3. The molecule has 0 saturated heterocycles. The predicted octanol–water partition coefficient (Wildman–Crippen LogP) is 0.999. The van der Waals surface area contributed by atoms with Gasteiger partial charge in [0.15, 0.2) is 9.84 Å². The van der Waals surface area contributed by atoms with Gasteiger partial charge in [0, 0.05) is 11.6 Å². The van der Waals surface area contributed by atoms with Crippen molar-refractivity contribution in [1.82, 2.24) is 5.32 Å². The van der Waals surface area contributed by atoms with Crippen LogP contribution in [-0.4, -0.2) is 32.7 Å². The first-order valence-electron chi connectivity index (χ1n) is 5.34. The van der Waals surface area contributed by atoms with E-state index >= 15 is 0 Å². The maximum Gasteiger partial charge on any atom is 0.236 e. The molecule has 1 amide bonds. The van der Waals surface area contributed by atoms with E-state index in [0.717, 1.165) is 0 Å². The molecule has 8 heteroatoms. The van der Waals surface area contributed by atoms with Gasteiger partial charge in [0.2, 0.25) is 5.91 Å². The summed E-state index contributed by atoms with van der Waals surface area (Å²) in [7, 11) is -3.41. The monoisotopic (exact) mass is 326 g/mol. The second-order valence-corrected chi connectivity index (χ2v) is 6.40. The van der Waals surface area contributed by atoms with Crippen molar-refractivity contribution in [3.63, 3.8) is 0 Å². The number of benzene rings is 1. The van der Waals surface area contributed by atoms with Crippen molar-refractivity contribution in [3.05, 3.63) is 29.3 Å². The quantitative estimate of drug-likeness (QED) is 0.844. The van der Waals surface area contributed by atoms with Crippen LogP contribution in [-0.2, 0) is 14.6 Å². The molecule has 1 aromatic carbocycles. The molecular formula is C11H16Cl2N2O3S. The van der Waals surface area contributed by atoms with E-state index in [0.29, 0.717) is 5.02 Å². The molecule has 3 N–H and O–H groups in total. The Balaban J connectivity index is 0.00000324. The van der Waals surface area contributed by atoms with Gasteiger partial charge in [-0.3, -0.25) is 4.79 Å². The number of hydrogen-bond donors (Lipinski definition) is 2. The molecular weight excluding hydrogens is 311 g/mol. The maximum atomic E-state index is 11.9. The predicted molar refractivity (Wildman–Crippen MR) is 77.4 cm³/mol. The minimum Gasteiger partial charge on any atom is -0.354 e. The smallest absolute Gasteiger partial charge is 0.236 e. The molecule has 0 aliphatic rings. The topological polar surface area (TPSA) is 89.3 Å². The molecule has 108 valence electrons. The highest BCUT2D eigenvalue weighted by Gasteiger charge is 2.15. The van der Waals surface area contributed by atoms with Crippen molar-refractivity contribution in [2.24, 2.45) is 5.73 Å². The number of sulfone groups is 1. The highest BCUT2D eigenvalue weighted by Crippen LogP contribution is 2.14. The van der Waals surface area contributed by atoms with E-state index in [1.165, 1.54) is 31.2 Å². The van der Waals surface area contributed by atoms with Crippen molar-refractivity contribution in [1.29, 1.82) is 0 Å². The summed E-state index contributed by atoms with van der Waals surface area (Å²) >= 11 is 5.68. The van der Waals surface area contributed by atoms with Crippen LogP contribution in [0.25, 0.3) is 0 Å². The van der Waals surface area contributed by atoms with Crippen molar-refractivity contribution < 1.29 is 13.2 Å². The first kappa shape index (κ1) is 18.2. The van der Waals surface area contributed by atoms with Crippen molar-refractivity contribution >= 4 is 39.8 Å². The fraction of sp³-hybridized carbons (Fsp3) is 0.364. The van der Waals surface area contributed by atoms with E-state index in [-0.39, 0.29) is 35.5 Å². The summed E-state index contributed by atoms with van der Waals surface area (Å²) in [5, 5.41) is 2.92. The zero-order chi connectivity index (χ0) is 13.8. The van der Waals surface area contributed by atoms with Crippen LogP contribution in [0.2, 0.25) is 5.02 Å². The third-order valence-corrected chi connectivity index (χ3v) is 4.24. The summed E-state index contributed by atoms with van der Waals surface area (Å²) in [6.45, 7) is 1.56. The number of rotatable bonds is 5. The molecule has 0 saturated carbocycles. The van der Waals surface area contributed by atoms with Gasteiger partial charge >= 0.3 is 0 Å². The number of carbonyl (C=O) groups excluding carboxylic acids is 1. The number of hydrogen-bond acceptors (Lipinski definition) is 4. The van der Waals surface area contributed by atoms with Crippen molar-refractivity contribution in [2.45, 2.75) is 17.9 Å². The Morgan fingerprint density at radius 1 is 1.37 bits per heavy atom. The van der Waals surface area contributed by atoms with Crippen LogP contribution in [0.3, 0.4) is 0 Å². The van der Waals surface area contributed by atoms with Gasteiger partial charge in [-0.1, -0.05) is 11.6 Å². The Labute approximate surface area is 123 Å². The Hall–Kier alpha value is -0.820. The number of nitrogens with one attached hydrogen (secondary N) is 1. The second-order valence-electron chi connectivity index (χ2n) is 3.85. The first-order chi connectivity index (χ1) is 8.33. The molecule has 0 aliphatic heterocycles. The third kappa shape index (κ3) is 5.78. The molecule has 0 heterocycles. The van der Waals surface area contributed by atoms with Gasteiger partial charge in [0.05, 0.1) is 16.7 Å². The summed E-state index contributed by atoms with van der Waals surface area (Å²) in [5.74, 6) is -0.547. The van der Waals surface area contributed by atoms with Gasteiger partial charge in [-0.05, 0) is 31.2 Å². The van der Waals surface area contributed by atoms with Crippen LogP contribution >= 0.6 is 24.0 Å². The van der Waals surface area contributed by atoms with E-state index in [1.54, 1.807) is 0 Å². The largest absolute Gasteiger partial charge is 0.354 e. The minimum atomic E-state index is -3.41. The maximum absolute atomic E-state index is 11.9. The zero-order valence-corrected chi connectivity index (χ0v) is 12.7. The van der Waals surface area contributed by atoms with Crippen LogP contribution in [0.15, 0.2) is 29.2 Å². The molecule has 0 fully saturated rings. The van der Waals surface area contributed by atoms with Crippen LogP contribution in [0, 0.1) is 0 Å². The van der Waals surface area contributed by atoms with E-state index in [4.69, 9.17) is 17.3 Å². The van der Waals surface area contributed by atoms with Crippen LogP contribution < -0.4 is 11.1 Å². The fourth-order valence-corrected chi connectivity index (χ4v) is 2.51. The van der Waals surface area contributed by atoms with Gasteiger partial charge < -0.3 is 11.1 Å². The SMILES string of the molecule is C[C@@H](N)C(=O)NCCS(=O)(=O)c1ccc(Cl)cc1.Cl. The van der Waals surface area contributed by atoms with Crippen LogP contribution in [0.5, 0.6) is 0 Å². The fourth-order valence-electron chi connectivity index (χ4n) is 1.23. The Morgan fingerprint density at radius 2 is 1.89 bits per heavy atom. The number of halogens is 2. The molecule has 0 unspecified atom stereocenters. The van der Waals surface area contributed by atoms with E-state index < -0.39 is 15.9 Å². The number of carbonyl (C=O) groups is 1. The summed E-state index contributed by atoms with van der Waals surface area (Å²) in [5.41, 5.74) is 5.34. The first-order valence-corrected chi connectivity index (χ1v) is 7.37. The number of nitrogens with two attached hydrogens (primary N) is 1. The molecule has 1 aromatic rings. The summed E-state index contributed by atoms with van der Waals surface area (Å²) in [6, 6.07) is 5.24. The molecule has 0 aliphatic carbocycles. The van der Waals surface area contributed by atoms with E-state index in [2.05, 4.69) is 5.32 Å². The third-order valence-electron chi connectivity index (χ3n) is 2.26. The molecule has 0 spiro atoms. The number of amides is 1. The molecule has 5 nitrogen and oxygen atoms in total. The van der Waals surface area contributed by atoms with E-state index in [9.17, 15) is 13.2 Å². The molecule has 1 rings (SSSR count).